The summed E-state index contributed by atoms with van der Waals surface area (Å²) in [6.45, 7) is 4.23. The van der Waals surface area contributed by atoms with E-state index in [9.17, 15) is 23.5 Å². The number of ether oxygens (including phenoxy) is 3. The number of aliphatic hydroxyl groups is 1. The molecule has 1 atom stereocenters. The summed E-state index contributed by atoms with van der Waals surface area (Å²) in [4.78, 5) is 6.43. The number of aromatic nitrogens is 1. The number of alkyl halides is 3. The van der Waals surface area contributed by atoms with Crippen LogP contribution in [0.1, 0.15) is 51.8 Å². The average Bonchev–Trinajstić information content (AvgIpc) is 3.52. The molecule has 0 amide bonds. The van der Waals surface area contributed by atoms with Crippen LogP contribution in [0.3, 0.4) is 0 Å². The topological polar surface area (TPSA) is 87.8 Å². The molecule has 2 heterocycles. The van der Waals surface area contributed by atoms with Crippen molar-refractivity contribution in [1.82, 2.24) is 9.88 Å². The normalized spacial score (nSPS) is 16.0. The van der Waals surface area contributed by atoms with Crippen molar-refractivity contribution in [3.05, 3.63) is 106 Å². The molecule has 1 unspecified atom stereocenters. The van der Waals surface area contributed by atoms with Crippen LogP contribution >= 0.6 is 0 Å². The van der Waals surface area contributed by atoms with E-state index in [2.05, 4.69) is 20.7 Å². The first-order chi connectivity index (χ1) is 22.2. The van der Waals surface area contributed by atoms with Crippen LogP contribution in [-0.2, 0) is 32.6 Å². The Morgan fingerprint density at radius 1 is 1.00 bits per heavy atom. The first kappa shape index (κ1) is 31.4. The first-order valence-electron chi connectivity index (χ1n) is 15.3. The van der Waals surface area contributed by atoms with E-state index in [-0.39, 0.29) is 25.0 Å². The molecule has 0 bridgehead atoms. The fourth-order valence-corrected chi connectivity index (χ4v) is 6.27. The molecule has 0 radical (unpaired) electrons. The minimum absolute atomic E-state index is 0.121. The van der Waals surface area contributed by atoms with E-state index in [0.717, 1.165) is 71.4 Å². The Balaban J connectivity index is 1.26. The second kappa shape index (κ2) is 13.4. The quantitative estimate of drug-likeness (QED) is 0.190. The Bertz CT molecular complexity index is 1750. The minimum atomic E-state index is -4.74. The van der Waals surface area contributed by atoms with Crippen molar-refractivity contribution < 1.29 is 32.5 Å². The Labute approximate surface area is 265 Å². The van der Waals surface area contributed by atoms with Crippen LogP contribution in [-0.4, -0.2) is 40.5 Å². The number of nitrogens with zero attached hydrogens (tertiary/aromatic N) is 3. The van der Waals surface area contributed by atoms with E-state index in [1.807, 2.05) is 31.2 Å². The summed E-state index contributed by atoms with van der Waals surface area (Å²) in [6, 6.07) is 17.7. The maximum absolute atomic E-state index is 12.6. The number of benzene rings is 3. The van der Waals surface area contributed by atoms with Gasteiger partial charge in [-0.2, -0.15) is 5.26 Å². The predicted octanol–water partition coefficient (Wildman–Crippen LogP) is 7.04. The molecule has 0 spiro atoms. The Morgan fingerprint density at radius 2 is 1.78 bits per heavy atom. The third-order valence-electron chi connectivity index (χ3n) is 8.82. The minimum Gasteiger partial charge on any atom is -0.488 e. The van der Waals surface area contributed by atoms with Crippen LogP contribution in [0.25, 0.3) is 11.1 Å². The van der Waals surface area contributed by atoms with Crippen LogP contribution in [0.2, 0.25) is 0 Å². The smallest absolute Gasteiger partial charge is 0.488 e. The van der Waals surface area contributed by atoms with Crippen molar-refractivity contribution in [3.8, 4) is 34.4 Å². The molecule has 2 aliphatic rings. The monoisotopic (exact) mass is 629 g/mol. The van der Waals surface area contributed by atoms with Crippen LogP contribution in [0.4, 0.5) is 13.2 Å². The summed E-state index contributed by atoms with van der Waals surface area (Å²) in [5.74, 6) is 1.21. The van der Waals surface area contributed by atoms with E-state index in [1.54, 1.807) is 24.4 Å². The molecule has 6 rings (SSSR count). The SMILES string of the molecule is Cc1c(COc2cc(OCc3cncc(C#N)c3)c(CN3CCC3CO)c3c2CCC3)cccc1-c1ccc(OC(F)(F)F)cc1. The van der Waals surface area contributed by atoms with Gasteiger partial charge >= 0.3 is 6.36 Å². The van der Waals surface area contributed by atoms with Gasteiger partial charge in [0, 0.05) is 48.7 Å². The van der Waals surface area contributed by atoms with Gasteiger partial charge in [-0.05, 0) is 84.2 Å². The molecule has 46 heavy (non-hydrogen) atoms. The highest BCUT2D eigenvalue weighted by atomic mass is 19.4. The zero-order valence-electron chi connectivity index (χ0n) is 25.4. The summed E-state index contributed by atoms with van der Waals surface area (Å²) < 4.78 is 54.8. The van der Waals surface area contributed by atoms with Crippen molar-refractivity contribution in [2.45, 2.75) is 64.8 Å². The Hall–Kier alpha value is -4.59. The molecular formula is C36H34F3N3O4. The maximum Gasteiger partial charge on any atom is 0.573 e. The number of nitriles is 1. The summed E-state index contributed by atoms with van der Waals surface area (Å²) in [5.41, 5.74) is 8.36. The first-order valence-corrected chi connectivity index (χ1v) is 15.3. The van der Waals surface area contributed by atoms with Crippen LogP contribution < -0.4 is 14.2 Å². The highest BCUT2D eigenvalue weighted by Gasteiger charge is 2.32. The third-order valence-corrected chi connectivity index (χ3v) is 8.82. The van der Waals surface area contributed by atoms with Gasteiger partial charge in [-0.1, -0.05) is 30.3 Å². The van der Waals surface area contributed by atoms with Crippen molar-refractivity contribution in [1.29, 1.82) is 5.26 Å². The number of aliphatic hydroxyl groups excluding tert-OH is 1. The van der Waals surface area contributed by atoms with Gasteiger partial charge in [-0.25, -0.2) is 0 Å². The molecule has 4 aromatic rings. The van der Waals surface area contributed by atoms with E-state index in [1.165, 1.54) is 29.5 Å². The molecule has 238 valence electrons. The number of pyridine rings is 1. The summed E-state index contributed by atoms with van der Waals surface area (Å²) in [6.07, 6.45) is 2.23. The number of fused-ring (bicyclic) bond motifs is 1. The number of hydrogen-bond acceptors (Lipinski definition) is 7. The third kappa shape index (κ3) is 6.96. The van der Waals surface area contributed by atoms with E-state index in [0.29, 0.717) is 24.5 Å². The second-order valence-electron chi connectivity index (χ2n) is 11.7. The van der Waals surface area contributed by atoms with E-state index < -0.39 is 6.36 Å². The summed E-state index contributed by atoms with van der Waals surface area (Å²) >= 11 is 0. The highest BCUT2D eigenvalue weighted by molar-refractivity contribution is 5.69. The molecule has 1 aromatic heterocycles. The number of halogens is 3. The summed E-state index contributed by atoms with van der Waals surface area (Å²) in [7, 11) is 0. The van der Waals surface area contributed by atoms with Crippen molar-refractivity contribution in [2.24, 2.45) is 0 Å². The summed E-state index contributed by atoms with van der Waals surface area (Å²) in [5, 5.41) is 19.1. The zero-order valence-corrected chi connectivity index (χ0v) is 25.4. The lowest BCUT2D eigenvalue weighted by Crippen LogP contribution is -2.49. The fourth-order valence-electron chi connectivity index (χ4n) is 6.27. The Kier molecular flexibility index (Phi) is 9.15. The van der Waals surface area contributed by atoms with Gasteiger partial charge in [-0.3, -0.25) is 9.88 Å². The lowest BCUT2D eigenvalue weighted by Gasteiger charge is -2.40. The van der Waals surface area contributed by atoms with Crippen LogP contribution in [0.15, 0.2) is 67.0 Å². The number of likely N-dealkylation sites (tertiary alicyclic amines) is 1. The van der Waals surface area contributed by atoms with Gasteiger partial charge in [0.25, 0.3) is 0 Å². The molecule has 3 aromatic carbocycles. The molecule has 1 N–H and O–H groups in total. The van der Waals surface area contributed by atoms with Gasteiger partial charge in [0.15, 0.2) is 0 Å². The van der Waals surface area contributed by atoms with Gasteiger partial charge in [-0.15, -0.1) is 13.2 Å². The second-order valence-corrected chi connectivity index (χ2v) is 11.7. The molecule has 1 saturated heterocycles. The number of hydrogen-bond donors (Lipinski definition) is 1. The zero-order chi connectivity index (χ0) is 32.3. The Morgan fingerprint density at radius 3 is 2.50 bits per heavy atom. The number of rotatable bonds is 11. The van der Waals surface area contributed by atoms with Crippen LogP contribution in [0, 0.1) is 18.3 Å². The lowest BCUT2D eigenvalue weighted by molar-refractivity contribution is -0.274. The standard InChI is InChI=1S/C36H34F3N3O4/c1-23-27(4-2-5-30(23)26-8-10-29(11-9-26)46-36(37,38)39)22-45-34-15-35(44-21-25-14-24(16-40)17-41-18-25)33(31-6-3-7-32(31)34)19-42-13-12-28(42)20-43/h2,4-5,8-11,14-15,17-18,28,43H,3,6-7,12-13,19-22H2,1H3. The van der Waals surface area contributed by atoms with Gasteiger partial charge in [0.2, 0.25) is 0 Å². The van der Waals surface area contributed by atoms with Gasteiger partial charge in [0.1, 0.15) is 36.5 Å². The molecule has 1 fully saturated rings. The van der Waals surface area contributed by atoms with Crippen LogP contribution in [0.5, 0.6) is 17.2 Å². The largest absolute Gasteiger partial charge is 0.573 e. The van der Waals surface area contributed by atoms with Gasteiger partial charge in [0.05, 0.1) is 12.2 Å². The molecule has 1 aliphatic carbocycles. The van der Waals surface area contributed by atoms with Crippen molar-refractivity contribution in [3.63, 3.8) is 0 Å². The predicted molar refractivity (Wildman–Crippen MR) is 165 cm³/mol. The molecule has 10 heteroatoms. The fraction of sp³-hybridized carbons (Fsp3) is 0.333. The molecule has 1 aliphatic heterocycles. The van der Waals surface area contributed by atoms with Crippen molar-refractivity contribution >= 4 is 0 Å². The molecule has 7 nitrogen and oxygen atoms in total. The maximum atomic E-state index is 12.6. The lowest BCUT2D eigenvalue weighted by atomic mass is 9.96. The highest BCUT2D eigenvalue weighted by Crippen LogP contribution is 2.42. The van der Waals surface area contributed by atoms with Crippen molar-refractivity contribution in [2.75, 3.05) is 13.2 Å². The van der Waals surface area contributed by atoms with Gasteiger partial charge < -0.3 is 19.3 Å². The molecule has 0 saturated carbocycles. The average molecular weight is 630 g/mol. The molecular weight excluding hydrogens is 595 g/mol. The van der Waals surface area contributed by atoms with E-state index >= 15 is 0 Å². The van der Waals surface area contributed by atoms with E-state index in [4.69, 9.17) is 9.47 Å².